The third-order valence-electron chi connectivity index (χ3n) is 3.67. The number of amides is 1. The van der Waals surface area contributed by atoms with Gasteiger partial charge in [0, 0.05) is 40.3 Å². The van der Waals surface area contributed by atoms with Gasteiger partial charge < -0.3 is 5.32 Å². The first-order valence-corrected chi connectivity index (χ1v) is 9.32. The molecule has 2 rings (SSSR count). The summed E-state index contributed by atoms with van der Waals surface area (Å²) in [4.78, 5) is 14.6. The number of nitrogens with one attached hydrogen (secondary N) is 1. The van der Waals surface area contributed by atoms with Crippen molar-refractivity contribution in [3.8, 4) is 0 Å². The zero-order valence-corrected chi connectivity index (χ0v) is 17.5. The van der Waals surface area contributed by atoms with Crippen LogP contribution in [0, 0.1) is 6.92 Å². The maximum Gasteiger partial charge on any atom is 0.238 e. The third kappa shape index (κ3) is 5.16. The highest BCUT2D eigenvalue weighted by molar-refractivity contribution is 9.11. The van der Waals surface area contributed by atoms with Crippen LogP contribution in [-0.2, 0) is 18.4 Å². The molecule has 0 aliphatic carbocycles. The van der Waals surface area contributed by atoms with Gasteiger partial charge in [-0.1, -0.05) is 0 Å². The average molecular weight is 458 g/mol. The summed E-state index contributed by atoms with van der Waals surface area (Å²) in [6.07, 6.45) is 3.81. The fourth-order valence-corrected chi connectivity index (χ4v) is 4.01. The minimum absolute atomic E-state index is 0.0437. The van der Waals surface area contributed by atoms with Crippen LogP contribution in [-0.4, -0.2) is 33.2 Å². The van der Waals surface area contributed by atoms with Crippen LogP contribution in [0.5, 0.6) is 0 Å². The number of benzene rings is 1. The Morgan fingerprint density at radius 2 is 1.96 bits per heavy atom. The molecule has 7 heteroatoms. The number of nitrogens with zero attached hydrogens (tertiary/aromatic N) is 3. The molecule has 5 nitrogen and oxygen atoms in total. The molecule has 0 radical (unpaired) electrons. The van der Waals surface area contributed by atoms with E-state index >= 15 is 0 Å². The molecule has 1 N–H and O–H groups in total. The van der Waals surface area contributed by atoms with Gasteiger partial charge in [-0.05, 0) is 70.3 Å². The lowest BCUT2D eigenvalue weighted by molar-refractivity contribution is -0.117. The molecule has 0 atom stereocenters. The molecular weight excluding hydrogens is 436 g/mol. The van der Waals surface area contributed by atoms with E-state index < -0.39 is 0 Å². The molecule has 1 heterocycles. The maximum absolute atomic E-state index is 12.5. The second-order valence-electron chi connectivity index (χ2n) is 6.17. The van der Waals surface area contributed by atoms with E-state index in [4.69, 9.17) is 0 Å². The molecule has 0 fully saturated rings. The van der Waals surface area contributed by atoms with Crippen LogP contribution in [0.3, 0.4) is 0 Å². The van der Waals surface area contributed by atoms with Gasteiger partial charge in [0.2, 0.25) is 5.91 Å². The minimum Gasteiger partial charge on any atom is -0.323 e. The zero-order chi connectivity index (χ0) is 17.9. The number of rotatable bonds is 6. The van der Waals surface area contributed by atoms with Crippen LogP contribution in [0.25, 0.3) is 0 Å². The number of carbonyl (C=O) groups is 1. The van der Waals surface area contributed by atoms with Gasteiger partial charge in [-0.15, -0.1) is 0 Å². The van der Waals surface area contributed by atoms with Crippen molar-refractivity contribution in [1.29, 1.82) is 0 Å². The van der Waals surface area contributed by atoms with Gasteiger partial charge in [0.1, 0.15) is 0 Å². The smallest absolute Gasteiger partial charge is 0.238 e. The summed E-state index contributed by atoms with van der Waals surface area (Å²) in [5.74, 6) is -0.0437. The van der Waals surface area contributed by atoms with Crippen LogP contribution in [0.15, 0.2) is 33.5 Å². The molecule has 0 aliphatic rings. The molecule has 2 aromatic rings. The highest BCUT2D eigenvalue weighted by Gasteiger charge is 2.17. The lowest BCUT2D eigenvalue weighted by Gasteiger charge is -2.25. The molecule has 0 aliphatic heterocycles. The lowest BCUT2D eigenvalue weighted by atomic mass is 10.2. The fraction of sp³-hybridized carbons (Fsp3) is 0.412. The van der Waals surface area contributed by atoms with Crippen LogP contribution >= 0.6 is 31.9 Å². The van der Waals surface area contributed by atoms with Crippen LogP contribution in [0.1, 0.15) is 25.0 Å². The van der Waals surface area contributed by atoms with Gasteiger partial charge in [0.25, 0.3) is 0 Å². The van der Waals surface area contributed by atoms with Crippen LogP contribution in [0.2, 0.25) is 0 Å². The normalized spacial score (nSPS) is 11.3. The second-order valence-corrected chi connectivity index (χ2v) is 7.88. The first-order chi connectivity index (χ1) is 11.3. The molecule has 1 aromatic carbocycles. The molecule has 0 spiro atoms. The summed E-state index contributed by atoms with van der Waals surface area (Å²) in [6, 6.07) is 4.22. The number of aromatic nitrogens is 2. The molecule has 130 valence electrons. The van der Waals surface area contributed by atoms with Crippen LogP contribution < -0.4 is 5.32 Å². The summed E-state index contributed by atoms with van der Waals surface area (Å²) in [6.45, 7) is 7.19. The second kappa shape index (κ2) is 8.27. The Bertz CT molecular complexity index is 704. The van der Waals surface area contributed by atoms with Crippen molar-refractivity contribution in [2.75, 3.05) is 11.9 Å². The summed E-state index contributed by atoms with van der Waals surface area (Å²) in [5.41, 5.74) is 2.97. The summed E-state index contributed by atoms with van der Waals surface area (Å²) in [5, 5.41) is 7.17. The van der Waals surface area contributed by atoms with Gasteiger partial charge >= 0.3 is 0 Å². The Hall–Kier alpha value is -1.18. The van der Waals surface area contributed by atoms with Crippen molar-refractivity contribution in [2.45, 2.75) is 33.4 Å². The molecule has 24 heavy (non-hydrogen) atoms. The van der Waals surface area contributed by atoms with Gasteiger partial charge in [0.05, 0.1) is 18.4 Å². The van der Waals surface area contributed by atoms with Crippen molar-refractivity contribution in [2.24, 2.45) is 7.05 Å². The number of halogens is 2. The number of anilines is 1. The first kappa shape index (κ1) is 19.1. The zero-order valence-electron chi connectivity index (χ0n) is 14.3. The first-order valence-electron chi connectivity index (χ1n) is 7.73. The number of hydrogen-bond donors (Lipinski definition) is 1. The van der Waals surface area contributed by atoms with Crippen molar-refractivity contribution >= 4 is 43.5 Å². The van der Waals surface area contributed by atoms with E-state index in [9.17, 15) is 4.79 Å². The molecule has 0 unspecified atom stereocenters. The molecule has 0 saturated heterocycles. The minimum atomic E-state index is -0.0437. The van der Waals surface area contributed by atoms with Gasteiger partial charge in [-0.2, -0.15) is 5.10 Å². The van der Waals surface area contributed by atoms with Crippen molar-refractivity contribution in [3.05, 3.63) is 44.6 Å². The Kier molecular flexibility index (Phi) is 6.60. The average Bonchev–Trinajstić information content (AvgIpc) is 2.87. The topological polar surface area (TPSA) is 50.2 Å². The largest absolute Gasteiger partial charge is 0.323 e. The van der Waals surface area contributed by atoms with Crippen molar-refractivity contribution < 1.29 is 4.79 Å². The Balaban J connectivity index is 2.06. The Morgan fingerprint density at radius 3 is 2.46 bits per heavy atom. The number of hydrogen-bond acceptors (Lipinski definition) is 3. The molecule has 1 amide bonds. The summed E-state index contributed by atoms with van der Waals surface area (Å²) in [7, 11) is 1.89. The highest BCUT2D eigenvalue weighted by atomic mass is 79.9. The standard InChI is InChI=1S/C17H22Br2N4O/c1-11(2)23(9-13-7-20-22(4)8-13)10-16(24)21-17-14(18)5-12(3)6-15(17)19/h5-8,11H,9-10H2,1-4H3,(H,21,24). The van der Waals surface area contributed by atoms with Gasteiger partial charge in [-0.25, -0.2) is 0 Å². The van der Waals surface area contributed by atoms with E-state index in [1.54, 1.807) is 4.68 Å². The van der Waals surface area contributed by atoms with E-state index in [1.165, 1.54) is 0 Å². The quantitative estimate of drug-likeness (QED) is 0.710. The van der Waals surface area contributed by atoms with E-state index in [-0.39, 0.29) is 11.9 Å². The lowest BCUT2D eigenvalue weighted by Crippen LogP contribution is -2.37. The fourth-order valence-electron chi connectivity index (χ4n) is 2.39. The molecule has 1 aromatic heterocycles. The Morgan fingerprint density at radius 1 is 1.33 bits per heavy atom. The number of aryl methyl sites for hydroxylation is 2. The highest BCUT2D eigenvalue weighted by Crippen LogP contribution is 2.32. The molecule has 0 bridgehead atoms. The van der Waals surface area contributed by atoms with Gasteiger partial charge in [-0.3, -0.25) is 14.4 Å². The SMILES string of the molecule is Cc1cc(Br)c(NC(=O)CN(Cc2cnn(C)c2)C(C)C)c(Br)c1. The monoisotopic (exact) mass is 456 g/mol. The van der Waals surface area contributed by atoms with Crippen LogP contribution in [0.4, 0.5) is 5.69 Å². The third-order valence-corrected chi connectivity index (χ3v) is 4.92. The molecule has 0 saturated carbocycles. The predicted octanol–water partition coefficient (Wildman–Crippen LogP) is 4.10. The van der Waals surface area contributed by atoms with E-state index in [0.717, 1.165) is 25.8 Å². The maximum atomic E-state index is 12.5. The van der Waals surface area contributed by atoms with E-state index in [0.29, 0.717) is 13.1 Å². The number of carbonyl (C=O) groups excluding carboxylic acids is 1. The summed E-state index contributed by atoms with van der Waals surface area (Å²) < 4.78 is 3.51. The predicted molar refractivity (Wildman–Crippen MR) is 104 cm³/mol. The summed E-state index contributed by atoms with van der Waals surface area (Å²) >= 11 is 7.02. The molecular formula is C17H22Br2N4O. The van der Waals surface area contributed by atoms with Crippen molar-refractivity contribution in [3.63, 3.8) is 0 Å². The van der Waals surface area contributed by atoms with Crippen molar-refractivity contribution in [1.82, 2.24) is 14.7 Å². The van der Waals surface area contributed by atoms with E-state index in [2.05, 4.69) is 61.0 Å². The van der Waals surface area contributed by atoms with E-state index in [1.807, 2.05) is 38.5 Å². The van der Waals surface area contributed by atoms with Gasteiger partial charge in [0.15, 0.2) is 0 Å². The Labute approximate surface area is 159 Å².